The molecule has 82 valence electrons. The molecule has 1 saturated carbocycles. The minimum Gasteiger partial charge on any atom is -0.497 e. The van der Waals surface area contributed by atoms with E-state index >= 15 is 0 Å². The van der Waals surface area contributed by atoms with E-state index in [0.29, 0.717) is 0 Å². The first-order valence-electron chi connectivity index (χ1n) is 5.08. The predicted molar refractivity (Wildman–Crippen MR) is 57.5 cm³/mol. The molecular formula is C12H16O3. The average molecular weight is 208 g/mol. The average Bonchev–Trinajstić information content (AvgIpc) is 3.09. The lowest BCUT2D eigenvalue weighted by molar-refractivity contribution is 0.254. The van der Waals surface area contributed by atoms with Crippen molar-refractivity contribution in [1.29, 1.82) is 0 Å². The summed E-state index contributed by atoms with van der Waals surface area (Å²) < 4.78 is 10.4. The summed E-state index contributed by atoms with van der Waals surface area (Å²) in [6.45, 7) is 0.198. The Morgan fingerprint density at radius 2 is 1.67 bits per heavy atom. The minimum atomic E-state index is -0.0399. The van der Waals surface area contributed by atoms with Crippen molar-refractivity contribution >= 4 is 0 Å². The lowest BCUT2D eigenvalue weighted by Gasteiger charge is -2.15. The largest absolute Gasteiger partial charge is 0.497 e. The monoisotopic (exact) mass is 208 g/mol. The lowest BCUT2D eigenvalue weighted by Crippen LogP contribution is -2.12. The van der Waals surface area contributed by atoms with Crippen LogP contribution < -0.4 is 9.47 Å². The highest BCUT2D eigenvalue weighted by molar-refractivity contribution is 5.44. The van der Waals surface area contributed by atoms with Crippen LogP contribution in [0.15, 0.2) is 18.2 Å². The number of methoxy groups -OCH3 is 2. The third-order valence-electron chi connectivity index (χ3n) is 3.12. The van der Waals surface area contributed by atoms with Crippen LogP contribution in [0.5, 0.6) is 11.5 Å². The summed E-state index contributed by atoms with van der Waals surface area (Å²) in [5.74, 6) is 1.56. The van der Waals surface area contributed by atoms with Crippen molar-refractivity contribution in [1.82, 2.24) is 0 Å². The summed E-state index contributed by atoms with van der Waals surface area (Å²) in [5, 5.41) is 9.36. The van der Waals surface area contributed by atoms with Gasteiger partial charge in [0.05, 0.1) is 20.8 Å². The van der Waals surface area contributed by atoms with Crippen LogP contribution >= 0.6 is 0 Å². The third-order valence-corrected chi connectivity index (χ3v) is 3.12. The molecule has 3 heteroatoms. The van der Waals surface area contributed by atoms with Gasteiger partial charge >= 0.3 is 0 Å². The first-order chi connectivity index (χ1) is 7.24. The van der Waals surface area contributed by atoms with Gasteiger partial charge in [-0.05, 0) is 30.5 Å². The molecular weight excluding hydrogens is 192 g/mol. The Balaban J connectivity index is 2.38. The maximum Gasteiger partial charge on any atom is 0.122 e. The topological polar surface area (TPSA) is 38.7 Å². The Kier molecular flexibility index (Phi) is 2.57. The smallest absolute Gasteiger partial charge is 0.122 e. The van der Waals surface area contributed by atoms with Crippen LogP contribution in [0.1, 0.15) is 18.4 Å². The summed E-state index contributed by atoms with van der Waals surface area (Å²) in [4.78, 5) is 0. The van der Waals surface area contributed by atoms with E-state index in [-0.39, 0.29) is 12.0 Å². The summed E-state index contributed by atoms with van der Waals surface area (Å²) in [7, 11) is 3.27. The number of benzene rings is 1. The van der Waals surface area contributed by atoms with Crippen LogP contribution in [0.2, 0.25) is 0 Å². The van der Waals surface area contributed by atoms with Crippen LogP contribution in [0.3, 0.4) is 0 Å². The molecule has 1 aromatic rings. The standard InChI is InChI=1S/C12H16O3/c1-14-10-5-9(6-11(7-10)15-2)12(8-13)3-4-12/h5-7,13H,3-4,8H2,1-2H3. The van der Waals surface area contributed by atoms with Gasteiger partial charge in [0.25, 0.3) is 0 Å². The van der Waals surface area contributed by atoms with E-state index < -0.39 is 0 Å². The summed E-state index contributed by atoms with van der Waals surface area (Å²) in [6, 6.07) is 5.80. The predicted octanol–water partition coefficient (Wildman–Crippen LogP) is 1.73. The van der Waals surface area contributed by atoms with Gasteiger partial charge in [0.15, 0.2) is 0 Å². The van der Waals surface area contributed by atoms with E-state index in [1.54, 1.807) is 14.2 Å². The normalized spacial score (nSPS) is 17.3. The molecule has 0 bridgehead atoms. The molecule has 0 saturated heterocycles. The van der Waals surface area contributed by atoms with Gasteiger partial charge in [0, 0.05) is 11.5 Å². The fourth-order valence-electron chi connectivity index (χ4n) is 1.80. The van der Waals surface area contributed by atoms with Crippen LogP contribution in [-0.4, -0.2) is 25.9 Å². The van der Waals surface area contributed by atoms with Gasteiger partial charge < -0.3 is 14.6 Å². The van der Waals surface area contributed by atoms with Gasteiger partial charge in [-0.25, -0.2) is 0 Å². The van der Waals surface area contributed by atoms with Gasteiger partial charge in [-0.2, -0.15) is 0 Å². The highest BCUT2D eigenvalue weighted by atomic mass is 16.5. The molecule has 15 heavy (non-hydrogen) atoms. The molecule has 0 atom stereocenters. The zero-order chi connectivity index (χ0) is 10.9. The second-order valence-corrected chi connectivity index (χ2v) is 4.04. The van der Waals surface area contributed by atoms with Crippen molar-refractivity contribution in [3.63, 3.8) is 0 Å². The SMILES string of the molecule is COc1cc(OC)cc(C2(CO)CC2)c1. The second kappa shape index (κ2) is 3.74. The molecule has 0 amide bonds. The summed E-state index contributed by atoms with van der Waals surface area (Å²) in [6.07, 6.45) is 2.08. The van der Waals surface area contributed by atoms with Gasteiger partial charge in [0.1, 0.15) is 11.5 Å². The van der Waals surface area contributed by atoms with Crippen molar-refractivity contribution in [2.45, 2.75) is 18.3 Å². The van der Waals surface area contributed by atoms with E-state index in [2.05, 4.69) is 0 Å². The summed E-state index contributed by atoms with van der Waals surface area (Å²) in [5.41, 5.74) is 1.07. The van der Waals surface area contributed by atoms with Crippen molar-refractivity contribution < 1.29 is 14.6 Å². The van der Waals surface area contributed by atoms with E-state index in [0.717, 1.165) is 29.9 Å². The second-order valence-electron chi connectivity index (χ2n) is 4.04. The molecule has 1 aliphatic rings. The molecule has 1 fully saturated rings. The van der Waals surface area contributed by atoms with Gasteiger partial charge in [0.2, 0.25) is 0 Å². The number of hydrogen-bond donors (Lipinski definition) is 1. The number of aliphatic hydroxyl groups is 1. The van der Waals surface area contributed by atoms with Gasteiger partial charge in [-0.1, -0.05) is 0 Å². The molecule has 0 radical (unpaired) electrons. The van der Waals surface area contributed by atoms with Crippen LogP contribution in [-0.2, 0) is 5.41 Å². The van der Waals surface area contributed by atoms with E-state index in [9.17, 15) is 5.11 Å². The van der Waals surface area contributed by atoms with E-state index in [4.69, 9.17) is 9.47 Å². The van der Waals surface area contributed by atoms with Crippen molar-refractivity contribution in [2.75, 3.05) is 20.8 Å². The minimum absolute atomic E-state index is 0.0399. The van der Waals surface area contributed by atoms with Gasteiger partial charge in [-0.15, -0.1) is 0 Å². The van der Waals surface area contributed by atoms with Crippen molar-refractivity contribution in [3.05, 3.63) is 23.8 Å². The van der Waals surface area contributed by atoms with Crippen LogP contribution in [0.25, 0.3) is 0 Å². The fourth-order valence-corrected chi connectivity index (χ4v) is 1.80. The Bertz CT molecular complexity index is 334. The first kappa shape index (κ1) is 10.3. The van der Waals surface area contributed by atoms with Crippen molar-refractivity contribution in [2.24, 2.45) is 0 Å². The molecule has 0 unspecified atom stereocenters. The molecule has 3 nitrogen and oxygen atoms in total. The van der Waals surface area contributed by atoms with Crippen molar-refractivity contribution in [3.8, 4) is 11.5 Å². The summed E-state index contributed by atoms with van der Waals surface area (Å²) >= 11 is 0. The number of ether oxygens (including phenoxy) is 2. The quantitative estimate of drug-likeness (QED) is 0.819. The van der Waals surface area contributed by atoms with E-state index in [1.165, 1.54) is 0 Å². The molecule has 2 rings (SSSR count). The Hall–Kier alpha value is -1.22. The number of hydrogen-bond acceptors (Lipinski definition) is 3. The number of rotatable bonds is 4. The van der Waals surface area contributed by atoms with Crippen LogP contribution in [0.4, 0.5) is 0 Å². The molecule has 0 spiro atoms. The Labute approximate surface area is 89.6 Å². The van der Waals surface area contributed by atoms with Gasteiger partial charge in [-0.3, -0.25) is 0 Å². The molecule has 1 aromatic carbocycles. The molecule has 0 aromatic heterocycles. The molecule has 0 aliphatic heterocycles. The zero-order valence-corrected chi connectivity index (χ0v) is 9.12. The molecule has 1 aliphatic carbocycles. The molecule has 1 N–H and O–H groups in total. The van der Waals surface area contributed by atoms with E-state index in [1.807, 2.05) is 18.2 Å². The Morgan fingerprint density at radius 3 is 2.00 bits per heavy atom. The maximum atomic E-state index is 9.36. The third kappa shape index (κ3) is 1.79. The molecule has 0 heterocycles. The Morgan fingerprint density at radius 1 is 1.13 bits per heavy atom. The lowest BCUT2D eigenvalue weighted by atomic mass is 9.96. The highest BCUT2D eigenvalue weighted by Crippen LogP contribution is 2.49. The first-order valence-corrected chi connectivity index (χ1v) is 5.08. The fraction of sp³-hybridized carbons (Fsp3) is 0.500. The zero-order valence-electron chi connectivity index (χ0n) is 9.12. The highest BCUT2D eigenvalue weighted by Gasteiger charge is 2.44. The maximum absolute atomic E-state index is 9.36. The van der Waals surface area contributed by atoms with Crippen LogP contribution in [0, 0.1) is 0 Å². The number of aliphatic hydroxyl groups excluding tert-OH is 1.